The number of aliphatic imine (C=N–C) groups is 5. The second kappa shape index (κ2) is 36.4. The van der Waals surface area contributed by atoms with Crippen LogP contribution in [-0.2, 0) is 43.2 Å². The number of carboxylic acids is 2. The molecule has 7 amide bonds. The number of amides is 7. The molecular formula is C39H75N23O12. The maximum absolute atomic E-state index is 14.0. The van der Waals surface area contributed by atoms with Crippen LogP contribution in [0.15, 0.2) is 25.0 Å². The molecule has 0 aromatic heterocycles. The Kier molecular flexibility index (Phi) is 32.2. The highest BCUT2D eigenvalue weighted by Crippen LogP contribution is 2.08. The number of guanidine groups is 5. The second-order valence-corrected chi connectivity index (χ2v) is 16.1. The van der Waals surface area contributed by atoms with Gasteiger partial charge in [0.1, 0.15) is 36.3 Å². The SMILES string of the molecule is NC(N)=NCCC[C@H](NC(=O)CNC(=O)[C@H](CCCN=C(N)N)NC(=O)[C@H](CC(=O)O)NC(=O)[C@H](CCCN=C(N)N)NC(=O)[C@H](CCCN=C(N)N)NC(=O)[C@@H](N)CCCN=C(N)N)C(=O)N[C@@H](CO)C(=O)O. The summed E-state index contributed by atoms with van der Waals surface area (Å²) in [4.78, 5) is 137. The molecule has 32 N–H and O–H groups in total. The van der Waals surface area contributed by atoms with Crippen LogP contribution >= 0.6 is 0 Å². The zero-order valence-electron chi connectivity index (χ0n) is 40.9. The van der Waals surface area contributed by atoms with Gasteiger partial charge in [0.25, 0.3) is 0 Å². The van der Waals surface area contributed by atoms with Gasteiger partial charge in [0, 0.05) is 32.7 Å². The first kappa shape index (κ1) is 65.5. The molecule has 0 bridgehead atoms. The third kappa shape index (κ3) is 31.0. The summed E-state index contributed by atoms with van der Waals surface area (Å²) in [6, 6.07) is -10.6. The van der Waals surface area contributed by atoms with E-state index in [9.17, 15) is 58.5 Å². The molecule has 0 spiro atoms. The standard InChI is InChI=1S/C39H75N23O12/c40-19(6-1-11-51-35(41)42)28(67)58-22(9-4-14-54-38(47)48)31(70)60-23(10-5-15-55-39(49)50)32(71)61-24(16-27(65)66)33(72)59-20(7-2-12-52-36(43)44)29(68)56-17-26(64)57-21(8-3-13-53-37(45)46)30(69)62-25(18-63)34(73)74/h19-25,63H,1-18,40H2,(H,56,68)(H,57,64)(H,58,67)(H,59,72)(H,60,70)(H,61,71)(H,62,69)(H,65,66)(H,73,74)(H4,41,42,51)(H4,43,44,52)(H4,45,46,53)(H4,47,48,54)(H4,49,50,55)/t19-,20-,21-,22-,23-,24-,25-/m0/s1. The van der Waals surface area contributed by atoms with Gasteiger partial charge in [0.15, 0.2) is 29.8 Å². The van der Waals surface area contributed by atoms with Gasteiger partial charge in [-0.15, -0.1) is 0 Å². The highest BCUT2D eigenvalue weighted by Gasteiger charge is 2.33. The average Bonchev–Trinajstić information content (AvgIpc) is 3.31. The molecule has 0 aromatic rings. The van der Waals surface area contributed by atoms with Gasteiger partial charge < -0.3 is 116 Å². The number of hydrogen-bond donors (Lipinski definition) is 21. The first-order valence-electron chi connectivity index (χ1n) is 22.9. The average molecular weight is 1060 g/mol. The number of nitrogens with one attached hydrogen (secondary N) is 7. The smallest absolute Gasteiger partial charge is 0.328 e. The molecule has 35 heteroatoms. The van der Waals surface area contributed by atoms with Crippen molar-refractivity contribution in [1.82, 2.24) is 37.2 Å². The van der Waals surface area contributed by atoms with E-state index in [1.165, 1.54) is 0 Å². The number of nitrogens with zero attached hydrogens (tertiary/aromatic N) is 5. The van der Waals surface area contributed by atoms with E-state index < -0.39 is 115 Å². The Bertz CT molecular complexity index is 2020. The minimum absolute atomic E-state index is 0.00391. The zero-order chi connectivity index (χ0) is 56.3. The summed E-state index contributed by atoms with van der Waals surface area (Å²) >= 11 is 0. The topological polar surface area (TPSA) is 647 Å². The van der Waals surface area contributed by atoms with E-state index in [0.29, 0.717) is 6.42 Å². The van der Waals surface area contributed by atoms with Crippen LogP contribution in [0.25, 0.3) is 0 Å². The molecule has 7 atom stereocenters. The van der Waals surface area contributed by atoms with Crippen LogP contribution in [0.3, 0.4) is 0 Å². The van der Waals surface area contributed by atoms with Crippen molar-refractivity contribution >= 4 is 83.1 Å². The molecule has 0 unspecified atom stereocenters. The molecular weight excluding hydrogens is 983 g/mol. The summed E-state index contributed by atoms with van der Waals surface area (Å²) in [5, 5.41) is 44.8. The Morgan fingerprint density at radius 2 is 0.689 bits per heavy atom. The predicted octanol–water partition coefficient (Wildman–Crippen LogP) is -10.8. The van der Waals surface area contributed by atoms with E-state index in [4.69, 9.17) is 63.1 Å². The van der Waals surface area contributed by atoms with Crippen molar-refractivity contribution in [2.24, 2.45) is 88.0 Å². The molecule has 35 nitrogen and oxygen atoms in total. The number of nitrogens with two attached hydrogens (primary N) is 11. The lowest BCUT2D eigenvalue weighted by Gasteiger charge is -2.26. The monoisotopic (exact) mass is 1060 g/mol. The molecule has 0 heterocycles. The Morgan fingerprint density at radius 3 is 1.03 bits per heavy atom. The van der Waals surface area contributed by atoms with Crippen molar-refractivity contribution in [2.75, 3.05) is 45.9 Å². The van der Waals surface area contributed by atoms with Gasteiger partial charge in [-0.05, 0) is 64.2 Å². The molecule has 0 aromatic carbocycles. The van der Waals surface area contributed by atoms with Gasteiger partial charge >= 0.3 is 11.9 Å². The number of aliphatic hydroxyl groups is 1. The summed E-state index contributed by atoms with van der Waals surface area (Å²) < 4.78 is 0. The lowest BCUT2D eigenvalue weighted by molar-refractivity contribution is -0.143. The number of carboxylic acid groups (broad SMARTS) is 2. The fraction of sp³-hybridized carbons (Fsp3) is 0.641. The maximum Gasteiger partial charge on any atom is 0.328 e. The van der Waals surface area contributed by atoms with E-state index in [2.05, 4.69) is 62.2 Å². The van der Waals surface area contributed by atoms with E-state index in [-0.39, 0.29) is 120 Å². The minimum Gasteiger partial charge on any atom is -0.481 e. The first-order chi connectivity index (χ1) is 34.8. The molecule has 0 fully saturated rings. The fourth-order valence-corrected chi connectivity index (χ4v) is 6.21. The molecule has 0 saturated carbocycles. The van der Waals surface area contributed by atoms with Crippen LogP contribution < -0.4 is 100 Å². The molecule has 0 radical (unpaired) electrons. The number of aliphatic hydroxyl groups excluding tert-OH is 1. The van der Waals surface area contributed by atoms with Gasteiger partial charge in [-0.3, -0.25) is 63.3 Å². The van der Waals surface area contributed by atoms with Crippen LogP contribution in [0, 0.1) is 0 Å². The van der Waals surface area contributed by atoms with Crippen molar-refractivity contribution < 1.29 is 58.5 Å². The van der Waals surface area contributed by atoms with E-state index >= 15 is 0 Å². The van der Waals surface area contributed by atoms with Crippen LogP contribution in [0.4, 0.5) is 0 Å². The highest BCUT2D eigenvalue weighted by atomic mass is 16.4. The van der Waals surface area contributed by atoms with Crippen molar-refractivity contribution in [3.05, 3.63) is 0 Å². The van der Waals surface area contributed by atoms with Crippen LogP contribution in [-0.4, -0.2) is 187 Å². The molecule has 0 rings (SSSR count). The molecule has 74 heavy (non-hydrogen) atoms. The van der Waals surface area contributed by atoms with Crippen LogP contribution in [0.2, 0.25) is 0 Å². The number of carbonyl (C=O) groups excluding carboxylic acids is 7. The maximum atomic E-state index is 14.0. The van der Waals surface area contributed by atoms with Crippen molar-refractivity contribution in [2.45, 2.75) is 113 Å². The Morgan fingerprint density at radius 1 is 0.392 bits per heavy atom. The summed E-state index contributed by atoms with van der Waals surface area (Å²) in [6.07, 6.45) is -1.03. The largest absolute Gasteiger partial charge is 0.481 e. The van der Waals surface area contributed by atoms with E-state index in [1.807, 2.05) is 0 Å². The van der Waals surface area contributed by atoms with E-state index in [1.54, 1.807) is 0 Å². The van der Waals surface area contributed by atoms with Gasteiger partial charge in [0.05, 0.1) is 25.6 Å². The first-order valence-corrected chi connectivity index (χ1v) is 22.9. The van der Waals surface area contributed by atoms with Gasteiger partial charge in [-0.2, -0.15) is 0 Å². The number of aliphatic carboxylic acids is 2. The molecule has 0 aliphatic heterocycles. The summed E-state index contributed by atoms with van der Waals surface area (Å²) in [6.45, 7) is -1.74. The quantitative estimate of drug-likeness (QED) is 0.0155. The summed E-state index contributed by atoms with van der Waals surface area (Å²) in [5.41, 5.74) is 59.9. The fourth-order valence-electron chi connectivity index (χ4n) is 6.21. The second-order valence-electron chi connectivity index (χ2n) is 16.1. The van der Waals surface area contributed by atoms with Crippen molar-refractivity contribution in [3.8, 4) is 0 Å². The van der Waals surface area contributed by atoms with Crippen LogP contribution in [0.1, 0.15) is 70.6 Å². The number of hydrogen-bond acceptors (Lipinski definition) is 16. The Hall–Kier alpha value is -8.50. The van der Waals surface area contributed by atoms with Crippen LogP contribution in [0.5, 0.6) is 0 Å². The third-order valence-electron chi connectivity index (χ3n) is 9.87. The van der Waals surface area contributed by atoms with Crippen molar-refractivity contribution in [3.63, 3.8) is 0 Å². The van der Waals surface area contributed by atoms with E-state index in [0.717, 1.165) is 0 Å². The normalized spacial score (nSPS) is 13.4. The Labute approximate surface area is 425 Å². The van der Waals surface area contributed by atoms with Gasteiger partial charge in [-0.1, -0.05) is 0 Å². The zero-order valence-corrected chi connectivity index (χ0v) is 40.9. The lowest BCUT2D eigenvalue weighted by Crippen LogP contribution is -2.59. The van der Waals surface area contributed by atoms with Crippen molar-refractivity contribution in [1.29, 1.82) is 0 Å². The summed E-state index contributed by atoms with van der Waals surface area (Å²) in [5.74, 6) is -11.4. The Balaban J connectivity index is 6.65. The van der Waals surface area contributed by atoms with Gasteiger partial charge in [0.2, 0.25) is 41.4 Å². The number of carbonyl (C=O) groups is 9. The highest BCUT2D eigenvalue weighted by molar-refractivity contribution is 5.98. The lowest BCUT2D eigenvalue weighted by atomic mass is 10.0. The molecule has 0 aliphatic carbocycles. The summed E-state index contributed by atoms with van der Waals surface area (Å²) in [7, 11) is 0. The van der Waals surface area contributed by atoms with Gasteiger partial charge in [-0.25, -0.2) is 4.79 Å². The molecule has 0 saturated heterocycles. The molecule has 0 aliphatic rings. The molecule has 418 valence electrons. The third-order valence-corrected chi connectivity index (χ3v) is 9.87. The minimum atomic E-state index is -1.92. The number of rotatable bonds is 38. The predicted molar refractivity (Wildman–Crippen MR) is 269 cm³/mol.